The Labute approximate surface area is 109 Å². The van der Waals surface area contributed by atoms with Crippen LogP contribution in [0.5, 0.6) is 0 Å². The molecular formula is C12H18BrNOS. The second-order valence-electron chi connectivity index (χ2n) is 4.37. The van der Waals surface area contributed by atoms with Crippen molar-refractivity contribution in [2.45, 2.75) is 44.2 Å². The Morgan fingerprint density at radius 2 is 2.19 bits per heavy atom. The minimum atomic E-state index is -0.135. The molecule has 0 amide bonds. The van der Waals surface area contributed by atoms with Crippen molar-refractivity contribution in [3.63, 3.8) is 0 Å². The lowest BCUT2D eigenvalue weighted by Crippen LogP contribution is -2.42. The summed E-state index contributed by atoms with van der Waals surface area (Å²) >= 11 is 5.26. The van der Waals surface area contributed by atoms with Gasteiger partial charge in [-0.15, -0.1) is 11.3 Å². The summed E-state index contributed by atoms with van der Waals surface area (Å²) < 4.78 is 1.19. The highest BCUT2D eigenvalue weighted by Crippen LogP contribution is 2.22. The zero-order chi connectivity index (χ0) is 11.4. The number of nitrogens with one attached hydrogen (secondary N) is 1. The Bertz CT molecular complexity index is 329. The molecule has 1 aliphatic rings. The highest BCUT2D eigenvalue weighted by Gasteiger charge is 2.21. The van der Waals surface area contributed by atoms with E-state index in [2.05, 4.69) is 33.4 Å². The minimum absolute atomic E-state index is 0.135. The van der Waals surface area contributed by atoms with Gasteiger partial charge in [0.05, 0.1) is 9.89 Å². The van der Waals surface area contributed by atoms with Crippen LogP contribution in [-0.2, 0) is 6.42 Å². The van der Waals surface area contributed by atoms with E-state index in [1.54, 1.807) is 11.3 Å². The summed E-state index contributed by atoms with van der Waals surface area (Å²) in [6.07, 6.45) is 5.43. The standard InChI is InChI=1S/C12H18BrNOS/c13-12-6-5-9(16-12)7-8-14-10-3-1-2-4-11(10)15/h5-6,10-11,14-15H,1-4,7-8H2/t10-,11-/m0/s1. The van der Waals surface area contributed by atoms with E-state index in [-0.39, 0.29) is 6.10 Å². The predicted octanol–water partition coefficient (Wildman–Crippen LogP) is 2.95. The van der Waals surface area contributed by atoms with E-state index in [0.29, 0.717) is 6.04 Å². The van der Waals surface area contributed by atoms with Gasteiger partial charge < -0.3 is 10.4 Å². The van der Waals surface area contributed by atoms with Gasteiger partial charge in [-0.3, -0.25) is 0 Å². The second-order valence-corrected chi connectivity index (χ2v) is 6.92. The van der Waals surface area contributed by atoms with Gasteiger partial charge in [0.15, 0.2) is 0 Å². The summed E-state index contributed by atoms with van der Waals surface area (Å²) in [5.41, 5.74) is 0. The van der Waals surface area contributed by atoms with Crippen LogP contribution in [0.2, 0.25) is 0 Å². The van der Waals surface area contributed by atoms with E-state index in [1.165, 1.54) is 21.5 Å². The van der Waals surface area contributed by atoms with Gasteiger partial charge in [0.1, 0.15) is 0 Å². The maximum absolute atomic E-state index is 9.80. The summed E-state index contributed by atoms with van der Waals surface area (Å²) in [5, 5.41) is 13.3. The van der Waals surface area contributed by atoms with Crippen LogP contribution in [0.25, 0.3) is 0 Å². The van der Waals surface area contributed by atoms with Crippen LogP contribution in [0.4, 0.5) is 0 Å². The normalized spacial score (nSPS) is 25.9. The lowest BCUT2D eigenvalue weighted by Gasteiger charge is -2.28. The molecule has 1 aromatic heterocycles. The molecule has 1 aromatic rings. The number of aliphatic hydroxyl groups is 1. The molecule has 16 heavy (non-hydrogen) atoms. The molecule has 90 valence electrons. The lowest BCUT2D eigenvalue weighted by atomic mass is 9.92. The summed E-state index contributed by atoms with van der Waals surface area (Å²) in [7, 11) is 0. The molecule has 0 spiro atoms. The van der Waals surface area contributed by atoms with Crippen molar-refractivity contribution in [3.05, 3.63) is 20.8 Å². The lowest BCUT2D eigenvalue weighted by molar-refractivity contribution is 0.0914. The molecule has 0 aromatic carbocycles. The van der Waals surface area contributed by atoms with Gasteiger partial charge in [-0.2, -0.15) is 0 Å². The Balaban J connectivity index is 1.71. The summed E-state index contributed by atoms with van der Waals surface area (Å²) in [6, 6.07) is 4.57. The van der Waals surface area contributed by atoms with Crippen LogP contribution in [-0.4, -0.2) is 23.8 Å². The molecule has 1 heterocycles. The predicted molar refractivity (Wildman–Crippen MR) is 72.0 cm³/mol. The Kier molecular flexibility index (Phi) is 4.82. The van der Waals surface area contributed by atoms with Crippen LogP contribution in [0.1, 0.15) is 30.6 Å². The molecule has 2 nitrogen and oxygen atoms in total. The average Bonchev–Trinajstić information content (AvgIpc) is 2.67. The first-order valence-electron chi connectivity index (χ1n) is 5.91. The molecule has 0 aliphatic heterocycles. The van der Waals surface area contributed by atoms with Crippen LogP contribution in [0.3, 0.4) is 0 Å². The SMILES string of the molecule is O[C@H]1CCCC[C@@H]1NCCc1ccc(Br)s1. The van der Waals surface area contributed by atoms with Crippen LogP contribution in [0, 0.1) is 0 Å². The molecule has 2 N–H and O–H groups in total. The summed E-state index contributed by atoms with van der Waals surface area (Å²) in [4.78, 5) is 1.39. The third-order valence-corrected chi connectivity index (χ3v) is 4.82. The number of halogens is 1. The maximum Gasteiger partial charge on any atom is 0.0701 e. The molecule has 2 rings (SSSR count). The van der Waals surface area contributed by atoms with Crippen molar-refractivity contribution < 1.29 is 5.11 Å². The van der Waals surface area contributed by atoms with Crippen molar-refractivity contribution in [3.8, 4) is 0 Å². The zero-order valence-electron chi connectivity index (χ0n) is 9.29. The molecule has 1 fully saturated rings. The monoisotopic (exact) mass is 303 g/mol. The van der Waals surface area contributed by atoms with Gasteiger partial charge in [-0.05, 0) is 47.3 Å². The fraction of sp³-hybridized carbons (Fsp3) is 0.667. The van der Waals surface area contributed by atoms with Crippen molar-refractivity contribution in [2.24, 2.45) is 0 Å². The molecule has 0 saturated heterocycles. The maximum atomic E-state index is 9.80. The van der Waals surface area contributed by atoms with E-state index >= 15 is 0 Å². The Hall–Kier alpha value is 0.1000. The fourth-order valence-electron chi connectivity index (χ4n) is 2.22. The fourth-order valence-corrected chi connectivity index (χ4v) is 3.70. The first kappa shape index (κ1) is 12.6. The number of hydrogen-bond donors (Lipinski definition) is 2. The second kappa shape index (κ2) is 6.15. The smallest absolute Gasteiger partial charge is 0.0701 e. The molecule has 0 radical (unpaired) electrons. The molecule has 4 heteroatoms. The van der Waals surface area contributed by atoms with Crippen LogP contribution >= 0.6 is 27.3 Å². The molecule has 0 unspecified atom stereocenters. The van der Waals surface area contributed by atoms with Crippen molar-refractivity contribution in [1.29, 1.82) is 0 Å². The molecule has 1 saturated carbocycles. The topological polar surface area (TPSA) is 32.3 Å². The largest absolute Gasteiger partial charge is 0.392 e. The average molecular weight is 304 g/mol. The van der Waals surface area contributed by atoms with Crippen LogP contribution in [0.15, 0.2) is 15.9 Å². The first-order valence-corrected chi connectivity index (χ1v) is 7.52. The molecular weight excluding hydrogens is 286 g/mol. The van der Waals surface area contributed by atoms with E-state index in [1.807, 2.05) is 0 Å². The number of hydrogen-bond acceptors (Lipinski definition) is 3. The van der Waals surface area contributed by atoms with Gasteiger partial charge in [0.25, 0.3) is 0 Å². The first-order chi connectivity index (χ1) is 7.75. The van der Waals surface area contributed by atoms with Gasteiger partial charge in [0, 0.05) is 17.5 Å². The summed E-state index contributed by atoms with van der Waals surface area (Å²) in [5.74, 6) is 0. The third kappa shape index (κ3) is 3.55. The van der Waals surface area contributed by atoms with E-state index < -0.39 is 0 Å². The van der Waals surface area contributed by atoms with Crippen molar-refractivity contribution in [2.75, 3.05) is 6.54 Å². The third-order valence-electron chi connectivity index (χ3n) is 3.14. The van der Waals surface area contributed by atoms with Gasteiger partial charge in [-0.25, -0.2) is 0 Å². The van der Waals surface area contributed by atoms with Gasteiger partial charge >= 0.3 is 0 Å². The highest BCUT2D eigenvalue weighted by atomic mass is 79.9. The van der Waals surface area contributed by atoms with Gasteiger partial charge in [0.2, 0.25) is 0 Å². The molecule has 1 aliphatic carbocycles. The van der Waals surface area contributed by atoms with E-state index in [4.69, 9.17) is 0 Å². The minimum Gasteiger partial charge on any atom is -0.392 e. The van der Waals surface area contributed by atoms with Crippen molar-refractivity contribution in [1.82, 2.24) is 5.32 Å². The van der Waals surface area contributed by atoms with Crippen molar-refractivity contribution >= 4 is 27.3 Å². The van der Waals surface area contributed by atoms with E-state index in [0.717, 1.165) is 25.8 Å². The zero-order valence-corrected chi connectivity index (χ0v) is 11.7. The molecule has 0 bridgehead atoms. The number of rotatable bonds is 4. The number of aliphatic hydroxyl groups excluding tert-OH is 1. The van der Waals surface area contributed by atoms with Crippen LogP contribution < -0.4 is 5.32 Å². The van der Waals surface area contributed by atoms with Gasteiger partial charge in [-0.1, -0.05) is 12.8 Å². The summed E-state index contributed by atoms with van der Waals surface area (Å²) in [6.45, 7) is 0.967. The highest BCUT2D eigenvalue weighted by molar-refractivity contribution is 9.11. The Morgan fingerprint density at radius 1 is 1.38 bits per heavy atom. The Morgan fingerprint density at radius 3 is 2.88 bits per heavy atom. The quantitative estimate of drug-likeness (QED) is 0.896. The number of thiophene rings is 1. The van der Waals surface area contributed by atoms with E-state index in [9.17, 15) is 5.11 Å². The molecule has 2 atom stereocenters.